The number of ketones is 1. The maximum Gasteiger partial charge on any atom is 0.173 e. The Kier molecular flexibility index (Phi) is 3.51. The number of rotatable bonds is 0. The molecule has 0 radical (unpaired) electrons. The maximum atomic E-state index is 14.2. The number of Topliss-reactive ketones (excluding diaryl/α,β-unsaturated/α-hetero) is 1. The van der Waals surface area contributed by atoms with Crippen molar-refractivity contribution in [2.45, 2.75) is 78.0 Å². The van der Waals surface area contributed by atoms with Crippen LogP contribution >= 0.6 is 0 Å². The van der Waals surface area contributed by atoms with Gasteiger partial charge >= 0.3 is 0 Å². The zero-order chi connectivity index (χ0) is 16.6. The number of fused-ring (bicyclic) bond motifs is 5. The van der Waals surface area contributed by atoms with Crippen LogP contribution in [-0.4, -0.2) is 23.2 Å². The molecular weight excluding hydrogens is 291 g/mol. The lowest BCUT2D eigenvalue weighted by Crippen LogP contribution is -2.58. The molecule has 4 aliphatic carbocycles. The number of hydrogen-bond donors (Lipinski definition) is 1. The summed E-state index contributed by atoms with van der Waals surface area (Å²) in [7, 11) is 0. The van der Waals surface area contributed by atoms with Gasteiger partial charge in [0.05, 0.1) is 6.10 Å². The van der Waals surface area contributed by atoms with E-state index in [4.69, 9.17) is 0 Å². The van der Waals surface area contributed by atoms with Crippen molar-refractivity contribution < 1.29 is 14.3 Å². The Hall–Kier alpha value is -0.440. The van der Waals surface area contributed by atoms with Crippen molar-refractivity contribution in [3.05, 3.63) is 0 Å². The molecule has 4 unspecified atom stereocenters. The van der Waals surface area contributed by atoms with E-state index in [1.807, 2.05) is 6.92 Å². The van der Waals surface area contributed by atoms with Gasteiger partial charge in [-0.2, -0.15) is 0 Å². The molecule has 23 heavy (non-hydrogen) atoms. The van der Waals surface area contributed by atoms with Crippen molar-refractivity contribution in [2.24, 2.45) is 40.4 Å². The number of carbonyl (C=O) groups excluding carboxylic acids is 1. The summed E-state index contributed by atoms with van der Waals surface area (Å²) >= 11 is 0. The molecule has 0 spiro atoms. The average molecular weight is 322 g/mol. The van der Waals surface area contributed by atoms with E-state index in [9.17, 15) is 14.3 Å². The van der Waals surface area contributed by atoms with E-state index in [0.29, 0.717) is 18.3 Å². The van der Waals surface area contributed by atoms with Gasteiger partial charge in [-0.05, 0) is 73.5 Å². The van der Waals surface area contributed by atoms with E-state index in [1.165, 1.54) is 19.3 Å². The van der Waals surface area contributed by atoms with E-state index in [0.717, 1.165) is 25.2 Å². The molecule has 0 aromatic heterocycles. The first-order valence-corrected chi connectivity index (χ1v) is 9.64. The molecule has 3 heteroatoms. The van der Waals surface area contributed by atoms with E-state index < -0.39 is 11.6 Å². The Labute approximate surface area is 139 Å². The van der Waals surface area contributed by atoms with Gasteiger partial charge in [0.25, 0.3) is 0 Å². The van der Waals surface area contributed by atoms with Crippen LogP contribution in [0.4, 0.5) is 4.39 Å². The van der Waals surface area contributed by atoms with Crippen molar-refractivity contribution in [3.63, 3.8) is 0 Å². The second-order valence-corrected chi connectivity index (χ2v) is 9.70. The molecule has 0 bridgehead atoms. The lowest BCUT2D eigenvalue weighted by Gasteiger charge is -2.61. The van der Waals surface area contributed by atoms with Crippen LogP contribution in [0.15, 0.2) is 0 Å². The normalized spacial score (nSPS) is 59.2. The largest absolute Gasteiger partial charge is 0.393 e. The Balaban J connectivity index is 1.69. The summed E-state index contributed by atoms with van der Waals surface area (Å²) in [5.41, 5.74) is -0.234. The topological polar surface area (TPSA) is 37.3 Å². The van der Waals surface area contributed by atoms with Gasteiger partial charge in [0.15, 0.2) is 12.0 Å². The summed E-state index contributed by atoms with van der Waals surface area (Å²) < 4.78 is 14.2. The predicted molar refractivity (Wildman–Crippen MR) is 87.6 cm³/mol. The van der Waals surface area contributed by atoms with Gasteiger partial charge in [0, 0.05) is 5.41 Å². The van der Waals surface area contributed by atoms with Crippen LogP contribution in [0.2, 0.25) is 0 Å². The fraction of sp³-hybridized carbons (Fsp3) is 0.950. The van der Waals surface area contributed by atoms with Gasteiger partial charge in [0.2, 0.25) is 0 Å². The third-order valence-corrected chi connectivity index (χ3v) is 8.64. The molecule has 0 amide bonds. The fourth-order valence-corrected chi connectivity index (χ4v) is 7.19. The van der Waals surface area contributed by atoms with E-state index >= 15 is 0 Å². The number of halogens is 1. The first-order chi connectivity index (χ1) is 10.8. The smallest absolute Gasteiger partial charge is 0.173 e. The van der Waals surface area contributed by atoms with Crippen LogP contribution in [0.5, 0.6) is 0 Å². The van der Waals surface area contributed by atoms with E-state index in [-0.39, 0.29) is 29.1 Å². The van der Waals surface area contributed by atoms with E-state index in [2.05, 4.69) is 13.8 Å². The molecule has 0 aromatic rings. The average Bonchev–Trinajstić information content (AvgIpc) is 2.73. The summed E-state index contributed by atoms with van der Waals surface area (Å²) in [6.45, 7) is 6.73. The Bertz CT molecular complexity index is 520. The molecular formula is C20H31FO2. The highest BCUT2D eigenvalue weighted by Gasteiger charge is 2.64. The zero-order valence-corrected chi connectivity index (χ0v) is 14.7. The lowest BCUT2D eigenvalue weighted by molar-refractivity contribution is -0.166. The second kappa shape index (κ2) is 5.03. The molecule has 0 aromatic carbocycles. The molecule has 4 saturated carbocycles. The number of aliphatic hydroxyl groups is 1. The third kappa shape index (κ3) is 2.04. The number of alkyl halides is 1. The summed E-state index contributed by atoms with van der Waals surface area (Å²) in [5.74, 6) is 1.83. The van der Waals surface area contributed by atoms with Crippen molar-refractivity contribution in [1.29, 1.82) is 0 Å². The zero-order valence-electron chi connectivity index (χ0n) is 14.7. The highest BCUT2D eigenvalue weighted by Crippen LogP contribution is 2.66. The molecule has 4 rings (SSSR count). The third-order valence-electron chi connectivity index (χ3n) is 8.64. The molecule has 0 aliphatic heterocycles. The van der Waals surface area contributed by atoms with Crippen molar-refractivity contribution in [3.8, 4) is 0 Å². The van der Waals surface area contributed by atoms with Crippen LogP contribution in [0, 0.1) is 40.4 Å². The molecule has 1 N–H and O–H groups in total. The summed E-state index contributed by atoms with van der Waals surface area (Å²) in [4.78, 5) is 12.4. The van der Waals surface area contributed by atoms with Gasteiger partial charge in [-0.3, -0.25) is 4.79 Å². The first kappa shape index (κ1) is 16.1. The Morgan fingerprint density at radius 1 is 1.09 bits per heavy atom. The minimum absolute atomic E-state index is 0.0517. The maximum absolute atomic E-state index is 14.2. The lowest BCUT2D eigenvalue weighted by atomic mass is 9.44. The van der Waals surface area contributed by atoms with Crippen LogP contribution in [0.25, 0.3) is 0 Å². The van der Waals surface area contributed by atoms with Crippen LogP contribution in [0.1, 0.15) is 65.7 Å². The summed E-state index contributed by atoms with van der Waals surface area (Å²) in [5, 5.41) is 10.9. The first-order valence-electron chi connectivity index (χ1n) is 9.64. The number of carbonyl (C=O) groups is 1. The van der Waals surface area contributed by atoms with Gasteiger partial charge in [0.1, 0.15) is 0 Å². The fourth-order valence-electron chi connectivity index (χ4n) is 7.19. The van der Waals surface area contributed by atoms with Crippen molar-refractivity contribution in [1.82, 2.24) is 0 Å². The predicted octanol–water partition coefficient (Wildman–Crippen LogP) is 4.15. The molecule has 0 saturated heterocycles. The van der Waals surface area contributed by atoms with Crippen molar-refractivity contribution >= 4 is 5.78 Å². The van der Waals surface area contributed by atoms with Gasteiger partial charge < -0.3 is 5.11 Å². The SMILES string of the molecule is CC1CC[C@@]2(C)C(C1)CC(O)[C@@H]1[C@H]2CC[C@]2(C)C(=O)C(F)C[C@@H]12. The Morgan fingerprint density at radius 2 is 1.83 bits per heavy atom. The monoisotopic (exact) mass is 322 g/mol. The highest BCUT2D eigenvalue weighted by atomic mass is 19.1. The highest BCUT2D eigenvalue weighted by molar-refractivity contribution is 5.91. The van der Waals surface area contributed by atoms with Crippen LogP contribution in [0.3, 0.4) is 0 Å². The molecule has 0 heterocycles. The molecule has 4 fully saturated rings. The summed E-state index contributed by atoms with van der Waals surface area (Å²) in [6.07, 6.45) is 5.13. The van der Waals surface area contributed by atoms with E-state index in [1.54, 1.807) is 0 Å². The minimum Gasteiger partial charge on any atom is -0.393 e. The van der Waals surface area contributed by atoms with Crippen LogP contribution < -0.4 is 0 Å². The quantitative estimate of drug-likeness (QED) is 0.727. The van der Waals surface area contributed by atoms with Gasteiger partial charge in [-0.15, -0.1) is 0 Å². The minimum atomic E-state index is -1.30. The molecule has 9 atom stereocenters. The molecule has 2 nitrogen and oxygen atoms in total. The van der Waals surface area contributed by atoms with Crippen molar-refractivity contribution in [2.75, 3.05) is 0 Å². The molecule has 4 aliphatic rings. The van der Waals surface area contributed by atoms with Crippen LogP contribution in [-0.2, 0) is 4.79 Å². The van der Waals surface area contributed by atoms with Gasteiger partial charge in [-0.1, -0.05) is 27.2 Å². The second-order valence-electron chi connectivity index (χ2n) is 9.70. The Morgan fingerprint density at radius 3 is 2.57 bits per heavy atom. The summed E-state index contributed by atoms with van der Waals surface area (Å²) in [6, 6.07) is 0. The number of hydrogen-bond acceptors (Lipinski definition) is 2. The number of aliphatic hydroxyl groups excluding tert-OH is 1. The molecule has 130 valence electrons. The van der Waals surface area contributed by atoms with Gasteiger partial charge in [-0.25, -0.2) is 4.39 Å². The standard InChI is InChI=1S/C20H31FO2/c1-11-4-6-19(2)12(8-11)9-16(22)17-13(19)5-7-20(3)14(17)10-15(21)18(20)23/h11-17,22H,4-10H2,1-3H3/t11?,12?,13-,14+,15?,16?,17-,19+,20+/m1/s1.